The quantitative estimate of drug-likeness (QED) is 0.812. The summed E-state index contributed by atoms with van der Waals surface area (Å²) in [5.74, 6) is 0.269. The number of pyridine rings is 1. The Kier molecular flexibility index (Phi) is 4.39. The van der Waals surface area contributed by atoms with Crippen LogP contribution in [-0.2, 0) is 12.8 Å². The van der Waals surface area contributed by atoms with Crippen LogP contribution in [0.5, 0.6) is 0 Å². The number of rotatable bonds is 5. The summed E-state index contributed by atoms with van der Waals surface area (Å²) in [6, 6.07) is 1.93. The Hall–Kier alpha value is -1.88. The van der Waals surface area contributed by atoms with E-state index in [4.69, 9.17) is 10.7 Å². The van der Waals surface area contributed by atoms with E-state index in [2.05, 4.69) is 11.5 Å². The number of amides is 1. The van der Waals surface area contributed by atoms with E-state index in [0.29, 0.717) is 17.9 Å². The summed E-state index contributed by atoms with van der Waals surface area (Å²) in [7, 11) is 0. The molecule has 1 amide bonds. The summed E-state index contributed by atoms with van der Waals surface area (Å²) < 4.78 is 0. The van der Waals surface area contributed by atoms with Gasteiger partial charge >= 0.3 is 0 Å². The van der Waals surface area contributed by atoms with Crippen molar-refractivity contribution in [3.63, 3.8) is 0 Å². The summed E-state index contributed by atoms with van der Waals surface area (Å²) in [6.45, 7) is 5.46. The number of primary amides is 1. The predicted molar refractivity (Wildman–Crippen MR) is 90.6 cm³/mol. The van der Waals surface area contributed by atoms with Crippen molar-refractivity contribution in [1.82, 2.24) is 4.98 Å². The lowest BCUT2D eigenvalue weighted by Crippen LogP contribution is -2.46. The van der Waals surface area contributed by atoms with Gasteiger partial charge in [-0.3, -0.25) is 4.79 Å². The summed E-state index contributed by atoms with van der Waals surface area (Å²) in [4.78, 5) is 18.8. The highest BCUT2D eigenvalue weighted by Crippen LogP contribution is 2.37. The molecule has 1 aromatic heterocycles. The first-order valence-corrected chi connectivity index (χ1v) is 8.38. The van der Waals surface area contributed by atoms with Crippen LogP contribution in [0.15, 0.2) is 18.7 Å². The van der Waals surface area contributed by atoms with E-state index in [9.17, 15) is 9.90 Å². The Labute approximate surface area is 137 Å². The number of carbonyl (C=O) groups is 1. The van der Waals surface area contributed by atoms with Gasteiger partial charge in [-0.1, -0.05) is 6.08 Å². The van der Waals surface area contributed by atoms with Crippen molar-refractivity contribution in [2.75, 3.05) is 24.6 Å². The Balaban J connectivity index is 1.97. The maximum atomic E-state index is 11.9. The van der Waals surface area contributed by atoms with Crippen LogP contribution in [0.1, 0.15) is 47.3 Å². The van der Waals surface area contributed by atoms with Gasteiger partial charge in [0.15, 0.2) is 0 Å². The van der Waals surface area contributed by atoms with Gasteiger partial charge in [0, 0.05) is 24.2 Å². The molecule has 0 saturated carbocycles. The van der Waals surface area contributed by atoms with E-state index in [1.54, 1.807) is 0 Å². The molecule has 5 heteroatoms. The number of hydrogen-bond acceptors (Lipinski definition) is 4. The van der Waals surface area contributed by atoms with Crippen LogP contribution in [-0.4, -0.2) is 35.7 Å². The first kappa shape index (κ1) is 16.0. The molecule has 0 radical (unpaired) electrons. The van der Waals surface area contributed by atoms with E-state index in [-0.39, 0.29) is 12.0 Å². The maximum Gasteiger partial charge on any atom is 0.252 e. The molecule has 0 aromatic carbocycles. The highest BCUT2D eigenvalue weighted by atomic mass is 16.3. The van der Waals surface area contributed by atoms with Gasteiger partial charge in [0.05, 0.1) is 12.2 Å². The van der Waals surface area contributed by atoms with E-state index < -0.39 is 5.91 Å². The standard InChI is InChI=1S/C18H25N3O2/c1-2-7-18(12-22)8-4-9-21(11-18)17-14(16(19)23)10-13-5-3-6-15(13)20-17/h2,10,22H,1,3-9,11-12H2,(H2,19,23)/t18-/m0/s1. The number of nitrogens with zero attached hydrogens (tertiary/aromatic N) is 2. The number of hydrogen-bond donors (Lipinski definition) is 2. The number of allylic oxidation sites excluding steroid dienone is 1. The highest BCUT2D eigenvalue weighted by Gasteiger charge is 2.36. The topological polar surface area (TPSA) is 79.4 Å². The molecule has 5 nitrogen and oxygen atoms in total. The summed E-state index contributed by atoms with van der Waals surface area (Å²) in [5, 5.41) is 9.88. The van der Waals surface area contributed by atoms with Crippen LogP contribution in [0, 0.1) is 5.41 Å². The third-order valence-corrected chi connectivity index (χ3v) is 5.17. The van der Waals surface area contributed by atoms with Crippen LogP contribution >= 0.6 is 0 Å². The maximum absolute atomic E-state index is 11.9. The largest absolute Gasteiger partial charge is 0.396 e. The van der Waals surface area contributed by atoms with E-state index in [1.807, 2.05) is 12.1 Å². The molecule has 3 N–H and O–H groups in total. The van der Waals surface area contributed by atoms with E-state index >= 15 is 0 Å². The van der Waals surface area contributed by atoms with Crippen molar-refractivity contribution < 1.29 is 9.90 Å². The highest BCUT2D eigenvalue weighted by molar-refractivity contribution is 5.98. The zero-order valence-electron chi connectivity index (χ0n) is 13.6. The fourth-order valence-corrected chi connectivity index (χ4v) is 3.94. The third-order valence-electron chi connectivity index (χ3n) is 5.17. The number of fused-ring (bicyclic) bond motifs is 1. The van der Waals surface area contributed by atoms with Gasteiger partial charge in [-0.15, -0.1) is 6.58 Å². The number of aliphatic hydroxyl groups excluding tert-OH is 1. The minimum Gasteiger partial charge on any atom is -0.396 e. The number of anilines is 1. The normalized spacial score (nSPS) is 23.6. The summed E-state index contributed by atoms with van der Waals surface area (Å²) in [6.07, 6.45) is 7.57. The average Bonchev–Trinajstić information content (AvgIpc) is 3.01. The van der Waals surface area contributed by atoms with Crippen LogP contribution in [0.4, 0.5) is 5.82 Å². The lowest BCUT2D eigenvalue weighted by molar-refractivity contribution is 0.0996. The summed E-state index contributed by atoms with van der Waals surface area (Å²) >= 11 is 0. The van der Waals surface area contributed by atoms with Gasteiger partial charge in [0.25, 0.3) is 5.91 Å². The lowest BCUT2D eigenvalue weighted by Gasteiger charge is -2.42. The minimum atomic E-state index is -0.425. The molecule has 2 aliphatic rings. The van der Waals surface area contributed by atoms with Crippen molar-refractivity contribution in [2.45, 2.75) is 38.5 Å². The Bertz CT molecular complexity index is 629. The zero-order valence-corrected chi connectivity index (χ0v) is 13.6. The van der Waals surface area contributed by atoms with Crippen LogP contribution in [0.2, 0.25) is 0 Å². The van der Waals surface area contributed by atoms with Crippen molar-refractivity contribution in [1.29, 1.82) is 0 Å². The van der Waals surface area contributed by atoms with Gasteiger partial charge in [-0.2, -0.15) is 0 Å². The number of aryl methyl sites for hydroxylation is 2. The van der Waals surface area contributed by atoms with E-state index in [1.165, 1.54) is 0 Å². The SMILES string of the molecule is C=CC[C@]1(CO)CCCN(c2nc3c(cc2C(N)=O)CCC3)C1. The monoisotopic (exact) mass is 315 g/mol. The fourth-order valence-electron chi connectivity index (χ4n) is 3.94. The number of aromatic nitrogens is 1. The fraction of sp³-hybridized carbons (Fsp3) is 0.556. The smallest absolute Gasteiger partial charge is 0.252 e. The molecular formula is C18H25N3O2. The van der Waals surface area contributed by atoms with Gasteiger partial charge in [0.2, 0.25) is 0 Å². The molecule has 1 aliphatic heterocycles. The number of carbonyl (C=O) groups excluding carboxylic acids is 1. The molecule has 1 atom stereocenters. The van der Waals surface area contributed by atoms with Crippen molar-refractivity contribution in [3.8, 4) is 0 Å². The van der Waals surface area contributed by atoms with E-state index in [0.717, 1.165) is 56.3 Å². The third kappa shape index (κ3) is 2.98. The zero-order chi connectivity index (χ0) is 16.4. The average molecular weight is 315 g/mol. The number of aliphatic hydroxyl groups is 1. The molecule has 3 rings (SSSR count). The van der Waals surface area contributed by atoms with Gasteiger partial charge < -0.3 is 15.7 Å². The van der Waals surface area contributed by atoms with Gasteiger partial charge in [-0.05, 0) is 50.2 Å². The van der Waals surface area contributed by atoms with Crippen LogP contribution in [0.25, 0.3) is 0 Å². The molecule has 2 heterocycles. The molecule has 0 unspecified atom stereocenters. The first-order chi connectivity index (χ1) is 11.1. The molecule has 1 fully saturated rings. The van der Waals surface area contributed by atoms with Crippen molar-refractivity contribution in [2.24, 2.45) is 11.1 Å². The molecule has 0 bridgehead atoms. The predicted octanol–water partition coefficient (Wildman–Crippen LogP) is 1.82. The van der Waals surface area contributed by atoms with Gasteiger partial charge in [0.1, 0.15) is 5.82 Å². The molecule has 23 heavy (non-hydrogen) atoms. The second-order valence-corrected chi connectivity index (χ2v) is 6.86. The second kappa shape index (κ2) is 6.32. The molecular weight excluding hydrogens is 290 g/mol. The Morgan fingerprint density at radius 2 is 2.30 bits per heavy atom. The van der Waals surface area contributed by atoms with Crippen molar-refractivity contribution in [3.05, 3.63) is 35.5 Å². The number of nitrogens with two attached hydrogens (primary N) is 1. The second-order valence-electron chi connectivity index (χ2n) is 6.86. The molecule has 0 spiro atoms. The minimum absolute atomic E-state index is 0.117. The number of piperidine rings is 1. The Morgan fingerprint density at radius 1 is 1.48 bits per heavy atom. The first-order valence-electron chi connectivity index (χ1n) is 8.38. The van der Waals surface area contributed by atoms with Crippen molar-refractivity contribution >= 4 is 11.7 Å². The molecule has 1 saturated heterocycles. The van der Waals surface area contributed by atoms with Crippen LogP contribution in [0.3, 0.4) is 0 Å². The molecule has 124 valence electrons. The molecule has 1 aliphatic carbocycles. The molecule has 1 aromatic rings. The van der Waals surface area contributed by atoms with Gasteiger partial charge in [-0.25, -0.2) is 4.98 Å². The summed E-state index contributed by atoms with van der Waals surface area (Å²) in [5.41, 5.74) is 8.16. The lowest BCUT2D eigenvalue weighted by atomic mass is 9.77. The van der Waals surface area contributed by atoms with Crippen LogP contribution < -0.4 is 10.6 Å². The Morgan fingerprint density at radius 3 is 3.00 bits per heavy atom.